The number of rotatable bonds is 14. The monoisotopic (exact) mass is 484 g/mol. The number of ether oxygens (including phenoxy) is 1. The molecule has 0 unspecified atom stereocenters. The van der Waals surface area contributed by atoms with Crippen LogP contribution in [0.3, 0.4) is 0 Å². The van der Waals surface area contributed by atoms with Crippen LogP contribution in [0.4, 0.5) is 0 Å². The fraction of sp³-hybridized carbons (Fsp3) is 0.364. The maximum atomic E-state index is 11.5. The minimum atomic E-state index is -0.372. The van der Waals surface area contributed by atoms with E-state index in [-0.39, 0.29) is 12.6 Å². The van der Waals surface area contributed by atoms with E-state index in [1.807, 2.05) is 0 Å². The smallest absolute Gasteiger partial charge is 0.330 e. The van der Waals surface area contributed by atoms with Crippen molar-refractivity contribution >= 4 is 5.97 Å². The van der Waals surface area contributed by atoms with Crippen LogP contribution in [0.15, 0.2) is 73.3 Å². The summed E-state index contributed by atoms with van der Waals surface area (Å²) in [4.78, 5) is 11.5. The quantitative estimate of drug-likeness (QED) is 0.146. The van der Waals surface area contributed by atoms with Crippen LogP contribution in [-0.4, -0.2) is 24.3 Å². The van der Waals surface area contributed by atoms with Crippen LogP contribution in [0, 0.1) is 0 Å². The summed E-state index contributed by atoms with van der Waals surface area (Å²) in [6, 6.07) is 22.2. The van der Waals surface area contributed by atoms with Crippen LogP contribution in [0.5, 0.6) is 0 Å². The van der Waals surface area contributed by atoms with E-state index >= 15 is 0 Å². The number of carbonyl (C=O) groups is 1. The summed E-state index contributed by atoms with van der Waals surface area (Å²) in [6.07, 6.45) is 9.21. The van der Waals surface area contributed by atoms with Gasteiger partial charge in [0, 0.05) is 19.1 Å². The second kappa shape index (κ2) is 14.4. The van der Waals surface area contributed by atoms with Gasteiger partial charge >= 0.3 is 5.97 Å². The molecule has 3 rings (SSSR count). The Labute approximate surface area is 216 Å². The fourth-order valence-corrected chi connectivity index (χ4v) is 4.65. The predicted octanol–water partition coefficient (Wildman–Crippen LogP) is 7.51. The van der Waals surface area contributed by atoms with Gasteiger partial charge in [0.2, 0.25) is 0 Å². The maximum absolute atomic E-state index is 11.5. The van der Waals surface area contributed by atoms with Gasteiger partial charge in [-0.15, -0.1) is 0 Å². The van der Waals surface area contributed by atoms with Crippen LogP contribution in [0.1, 0.15) is 61.8 Å². The van der Waals surface area contributed by atoms with Crippen LogP contribution in [0.25, 0.3) is 22.3 Å². The molecule has 3 nitrogen and oxygen atoms in total. The van der Waals surface area contributed by atoms with Crippen molar-refractivity contribution in [1.29, 1.82) is 0 Å². The third kappa shape index (κ3) is 7.66. The second-order valence-electron chi connectivity index (χ2n) is 9.31. The summed E-state index contributed by atoms with van der Waals surface area (Å²) in [5.74, 6) is -0.372. The number of aryl methyl sites for hydroxylation is 3. The van der Waals surface area contributed by atoms with Crippen LogP contribution >= 0.6 is 0 Å². The first kappa shape index (κ1) is 27.4. The zero-order valence-electron chi connectivity index (χ0n) is 21.9. The zero-order valence-corrected chi connectivity index (χ0v) is 21.9. The lowest BCUT2D eigenvalue weighted by molar-refractivity contribution is -0.137. The molecule has 0 radical (unpaired) electrons. The summed E-state index contributed by atoms with van der Waals surface area (Å²) >= 11 is 0. The van der Waals surface area contributed by atoms with E-state index < -0.39 is 0 Å². The van der Waals surface area contributed by atoms with Gasteiger partial charge in [-0.2, -0.15) is 0 Å². The van der Waals surface area contributed by atoms with Crippen molar-refractivity contribution in [1.82, 2.24) is 0 Å². The Hall–Kier alpha value is -3.17. The molecule has 0 amide bonds. The van der Waals surface area contributed by atoms with Crippen molar-refractivity contribution in [3.05, 3.63) is 95.6 Å². The highest BCUT2D eigenvalue weighted by Crippen LogP contribution is 2.31. The summed E-state index contributed by atoms with van der Waals surface area (Å²) in [6.45, 7) is 8.50. The zero-order chi connectivity index (χ0) is 25.8. The van der Waals surface area contributed by atoms with Gasteiger partial charge in [0.1, 0.15) is 0 Å². The van der Waals surface area contributed by atoms with Gasteiger partial charge in [-0.25, -0.2) is 4.79 Å². The van der Waals surface area contributed by atoms with Gasteiger partial charge in [-0.1, -0.05) is 93.9 Å². The van der Waals surface area contributed by atoms with Crippen LogP contribution < -0.4 is 0 Å². The van der Waals surface area contributed by atoms with Crippen molar-refractivity contribution in [3.8, 4) is 22.3 Å². The molecule has 0 heterocycles. The molecule has 0 aliphatic heterocycles. The third-order valence-electron chi connectivity index (χ3n) is 6.75. The molecule has 3 aromatic carbocycles. The van der Waals surface area contributed by atoms with Gasteiger partial charge in [-0.3, -0.25) is 0 Å². The van der Waals surface area contributed by atoms with Crippen molar-refractivity contribution in [3.63, 3.8) is 0 Å². The van der Waals surface area contributed by atoms with Crippen LogP contribution in [-0.2, 0) is 35.2 Å². The van der Waals surface area contributed by atoms with E-state index in [4.69, 9.17) is 9.84 Å². The van der Waals surface area contributed by atoms with Crippen molar-refractivity contribution in [2.75, 3.05) is 13.2 Å². The summed E-state index contributed by atoms with van der Waals surface area (Å²) < 4.78 is 5.28. The van der Waals surface area contributed by atoms with E-state index in [0.29, 0.717) is 13.0 Å². The highest BCUT2D eigenvalue weighted by atomic mass is 16.5. The second-order valence-corrected chi connectivity index (χ2v) is 9.31. The van der Waals surface area contributed by atoms with E-state index in [0.717, 1.165) is 25.7 Å². The molecule has 1 N–H and O–H groups in total. The van der Waals surface area contributed by atoms with Gasteiger partial charge in [0.15, 0.2) is 0 Å². The Morgan fingerprint density at radius 3 is 2.17 bits per heavy atom. The minimum Gasteiger partial charge on any atom is -0.462 e. The molecule has 36 heavy (non-hydrogen) atoms. The van der Waals surface area contributed by atoms with Crippen LogP contribution in [0.2, 0.25) is 0 Å². The van der Waals surface area contributed by atoms with Crippen molar-refractivity contribution < 1.29 is 14.6 Å². The number of esters is 1. The number of carbonyl (C=O) groups excluding carboxylic acids is 1. The molecule has 0 fully saturated rings. The molecule has 0 saturated carbocycles. The Bertz CT molecular complexity index is 1130. The number of hydrogen-bond acceptors (Lipinski definition) is 3. The number of hydrogen-bond donors (Lipinski definition) is 1. The Balaban J connectivity index is 1.86. The molecule has 0 aromatic heterocycles. The average Bonchev–Trinajstić information content (AvgIpc) is 2.92. The molecule has 3 aromatic rings. The third-order valence-corrected chi connectivity index (χ3v) is 6.75. The topological polar surface area (TPSA) is 46.5 Å². The molecule has 0 bridgehead atoms. The number of aliphatic hydroxyl groups is 1. The molecule has 0 atom stereocenters. The maximum Gasteiger partial charge on any atom is 0.330 e. The summed E-state index contributed by atoms with van der Waals surface area (Å²) in [7, 11) is 0. The normalized spacial score (nSPS) is 10.9. The Morgan fingerprint density at radius 2 is 1.50 bits per heavy atom. The standard InChI is InChI=1S/C33H40O3/c1-4-7-8-11-27-16-17-29(24-31(27)20-22-36-33(35)6-3)30-18-19-32(26(5-2)23-30)28-14-12-25(13-15-28)10-9-21-34/h6,12-19,23-24,34H,3-5,7-11,20-22H2,1-2H3. The predicted molar refractivity (Wildman–Crippen MR) is 150 cm³/mol. The highest BCUT2D eigenvalue weighted by Gasteiger charge is 2.10. The number of unbranched alkanes of at least 4 members (excludes halogenated alkanes) is 2. The lowest BCUT2D eigenvalue weighted by Crippen LogP contribution is -2.06. The first-order chi connectivity index (χ1) is 17.6. The highest BCUT2D eigenvalue weighted by molar-refractivity contribution is 5.81. The SMILES string of the molecule is C=CC(=O)OCCc1cc(-c2ccc(-c3ccc(CCCO)cc3)c(CC)c2)ccc1CCCCC. The molecule has 0 saturated heterocycles. The van der Waals surface area contributed by atoms with E-state index in [1.54, 1.807) is 0 Å². The largest absolute Gasteiger partial charge is 0.462 e. The summed E-state index contributed by atoms with van der Waals surface area (Å²) in [5, 5.41) is 9.08. The van der Waals surface area contributed by atoms with Gasteiger partial charge in [-0.05, 0) is 76.6 Å². The molecule has 0 aliphatic rings. The molecule has 0 spiro atoms. The lowest BCUT2D eigenvalue weighted by atomic mass is 9.91. The molecule has 0 aliphatic carbocycles. The Kier molecular flexibility index (Phi) is 11.0. The van der Waals surface area contributed by atoms with E-state index in [1.165, 1.54) is 69.8 Å². The average molecular weight is 485 g/mol. The van der Waals surface area contributed by atoms with Gasteiger partial charge in [0.05, 0.1) is 6.61 Å². The van der Waals surface area contributed by atoms with Crippen molar-refractivity contribution in [2.24, 2.45) is 0 Å². The van der Waals surface area contributed by atoms with Gasteiger partial charge < -0.3 is 9.84 Å². The van der Waals surface area contributed by atoms with E-state index in [9.17, 15) is 4.79 Å². The van der Waals surface area contributed by atoms with Gasteiger partial charge in [0.25, 0.3) is 0 Å². The first-order valence-corrected chi connectivity index (χ1v) is 13.3. The number of benzene rings is 3. The molecular weight excluding hydrogens is 444 g/mol. The lowest BCUT2D eigenvalue weighted by Gasteiger charge is -2.15. The first-order valence-electron chi connectivity index (χ1n) is 13.3. The summed E-state index contributed by atoms with van der Waals surface area (Å²) in [5.41, 5.74) is 10.1. The Morgan fingerprint density at radius 1 is 0.806 bits per heavy atom. The molecule has 190 valence electrons. The molecule has 3 heteroatoms. The fourth-order valence-electron chi connectivity index (χ4n) is 4.65. The van der Waals surface area contributed by atoms with E-state index in [2.05, 4.69) is 81.1 Å². The number of aliphatic hydroxyl groups excluding tert-OH is 1. The minimum absolute atomic E-state index is 0.227. The molecular formula is C33H40O3. The van der Waals surface area contributed by atoms with Crippen molar-refractivity contribution in [2.45, 2.75) is 65.2 Å².